The molecular weight excluding hydrogens is 258 g/mol. The maximum absolute atomic E-state index is 11.7. The highest BCUT2D eigenvalue weighted by Crippen LogP contribution is 2.22. The van der Waals surface area contributed by atoms with Gasteiger partial charge in [-0.25, -0.2) is 0 Å². The maximum atomic E-state index is 11.7. The molecule has 0 atom stereocenters. The lowest BCUT2D eigenvalue weighted by molar-refractivity contribution is -0.384. The molecule has 20 heavy (non-hydrogen) atoms. The van der Waals surface area contributed by atoms with Gasteiger partial charge in [0, 0.05) is 25.1 Å². The van der Waals surface area contributed by atoms with E-state index in [9.17, 15) is 14.9 Å². The number of benzene rings is 1. The van der Waals surface area contributed by atoms with Crippen LogP contribution in [0.3, 0.4) is 0 Å². The van der Waals surface area contributed by atoms with Crippen LogP contribution in [-0.2, 0) is 4.79 Å². The fraction of sp³-hybridized carbons (Fsp3) is 0.500. The van der Waals surface area contributed by atoms with Crippen LogP contribution in [0.25, 0.3) is 0 Å². The first-order valence-electron chi connectivity index (χ1n) is 6.85. The second-order valence-corrected chi connectivity index (χ2v) is 4.53. The van der Waals surface area contributed by atoms with Gasteiger partial charge in [-0.2, -0.15) is 0 Å². The lowest BCUT2D eigenvalue weighted by Gasteiger charge is -2.14. The number of amides is 1. The first kappa shape index (κ1) is 15.9. The number of nitrogens with one attached hydrogen (secondary N) is 2. The van der Waals surface area contributed by atoms with Crippen LogP contribution in [0.15, 0.2) is 24.3 Å². The molecule has 0 spiro atoms. The summed E-state index contributed by atoms with van der Waals surface area (Å²) in [5.41, 5.74) is 0.459. The zero-order chi connectivity index (χ0) is 15.0. The molecule has 6 heteroatoms. The van der Waals surface area contributed by atoms with Crippen molar-refractivity contribution in [2.75, 3.05) is 11.9 Å². The number of nitrogens with zero attached hydrogens (tertiary/aromatic N) is 1. The summed E-state index contributed by atoms with van der Waals surface area (Å²) in [5.74, 6) is -0.0372. The van der Waals surface area contributed by atoms with Gasteiger partial charge in [0.15, 0.2) is 0 Å². The number of anilines is 1. The summed E-state index contributed by atoms with van der Waals surface area (Å²) in [6, 6.07) is 6.61. The van der Waals surface area contributed by atoms with E-state index in [0.29, 0.717) is 18.7 Å². The average molecular weight is 279 g/mol. The van der Waals surface area contributed by atoms with Crippen molar-refractivity contribution in [2.45, 2.75) is 39.2 Å². The van der Waals surface area contributed by atoms with Gasteiger partial charge in [-0.05, 0) is 18.9 Å². The van der Waals surface area contributed by atoms with Gasteiger partial charge in [0.1, 0.15) is 5.69 Å². The highest BCUT2D eigenvalue weighted by molar-refractivity contribution is 5.77. The van der Waals surface area contributed by atoms with Crippen molar-refractivity contribution >= 4 is 17.3 Å². The Hall–Kier alpha value is -2.11. The van der Waals surface area contributed by atoms with E-state index in [1.807, 2.05) is 13.8 Å². The van der Waals surface area contributed by atoms with Gasteiger partial charge in [-0.3, -0.25) is 14.9 Å². The Kier molecular flexibility index (Phi) is 6.49. The topological polar surface area (TPSA) is 84.3 Å². The van der Waals surface area contributed by atoms with Gasteiger partial charge in [-0.15, -0.1) is 0 Å². The number of rotatable bonds is 8. The molecule has 0 aliphatic rings. The molecule has 1 rings (SSSR count). The van der Waals surface area contributed by atoms with E-state index < -0.39 is 4.92 Å². The predicted molar refractivity (Wildman–Crippen MR) is 78.7 cm³/mol. The SMILES string of the molecule is CCC(CC)NC(=O)CCNc1ccccc1[N+](=O)[O-]. The Balaban J connectivity index is 2.45. The third-order valence-corrected chi connectivity index (χ3v) is 3.12. The number of hydrogen-bond donors (Lipinski definition) is 2. The third kappa shape index (κ3) is 4.87. The molecule has 1 aromatic carbocycles. The molecule has 0 fully saturated rings. The fourth-order valence-electron chi connectivity index (χ4n) is 1.89. The number of carbonyl (C=O) groups excluding carboxylic acids is 1. The molecule has 0 aliphatic heterocycles. The Morgan fingerprint density at radius 3 is 2.55 bits per heavy atom. The molecule has 0 saturated carbocycles. The van der Waals surface area contributed by atoms with Crippen molar-refractivity contribution in [3.63, 3.8) is 0 Å². The zero-order valence-corrected chi connectivity index (χ0v) is 11.9. The van der Waals surface area contributed by atoms with Crippen molar-refractivity contribution in [1.29, 1.82) is 0 Å². The van der Waals surface area contributed by atoms with Crippen molar-refractivity contribution in [1.82, 2.24) is 5.32 Å². The second kappa shape index (κ2) is 8.14. The normalized spacial score (nSPS) is 10.3. The smallest absolute Gasteiger partial charge is 0.292 e. The first-order chi connectivity index (χ1) is 9.58. The van der Waals surface area contributed by atoms with Gasteiger partial charge >= 0.3 is 0 Å². The Morgan fingerprint density at radius 1 is 1.30 bits per heavy atom. The minimum absolute atomic E-state index is 0.0212. The molecule has 110 valence electrons. The average Bonchev–Trinajstić information content (AvgIpc) is 2.45. The Bertz CT molecular complexity index is 459. The highest BCUT2D eigenvalue weighted by atomic mass is 16.6. The first-order valence-corrected chi connectivity index (χ1v) is 6.85. The molecule has 2 N–H and O–H groups in total. The molecular formula is C14H21N3O3. The number of para-hydroxylation sites is 2. The number of carbonyl (C=O) groups is 1. The minimum atomic E-state index is -0.438. The van der Waals surface area contributed by atoms with Gasteiger partial charge in [0.25, 0.3) is 5.69 Å². The minimum Gasteiger partial charge on any atom is -0.379 e. The molecule has 0 saturated heterocycles. The van der Waals surface area contributed by atoms with E-state index in [1.165, 1.54) is 6.07 Å². The summed E-state index contributed by atoms with van der Waals surface area (Å²) in [7, 11) is 0. The van der Waals surface area contributed by atoms with Crippen LogP contribution in [0.2, 0.25) is 0 Å². The summed E-state index contributed by atoms with van der Waals surface area (Å²) in [4.78, 5) is 22.1. The molecule has 1 amide bonds. The fourth-order valence-corrected chi connectivity index (χ4v) is 1.89. The number of nitro benzene ring substituents is 1. The zero-order valence-electron chi connectivity index (χ0n) is 11.9. The van der Waals surface area contributed by atoms with E-state index in [-0.39, 0.29) is 17.6 Å². The monoisotopic (exact) mass is 279 g/mol. The summed E-state index contributed by atoms with van der Waals surface area (Å²) in [6.45, 7) is 4.43. The highest BCUT2D eigenvalue weighted by Gasteiger charge is 2.12. The maximum Gasteiger partial charge on any atom is 0.292 e. The van der Waals surface area contributed by atoms with Crippen LogP contribution in [0, 0.1) is 10.1 Å². The van der Waals surface area contributed by atoms with Gasteiger partial charge in [-0.1, -0.05) is 26.0 Å². The molecule has 0 bridgehead atoms. The van der Waals surface area contributed by atoms with E-state index >= 15 is 0 Å². The largest absolute Gasteiger partial charge is 0.379 e. The van der Waals surface area contributed by atoms with Crippen LogP contribution in [-0.4, -0.2) is 23.4 Å². The van der Waals surface area contributed by atoms with Crippen molar-refractivity contribution in [3.8, 4) is 0 Å². The third-order valence-electron chi connectivity index (χ3n) is 3.12. The van der Waals surface area contributed by atoms with E-state index in [2.05, 4.69) is 10.6 Å². The van der Waals surface area contributed by atoms with Gasteiger partial charge < -0.3 is 10.6 Å². The van der Waals surface area contributed by atoms with Gasteiger partial charge in [0.05, 0.1) is 4.92 Å². The summed E-state index contributed by atoms with van der Waals surface area (Å²) >= 11 is 0. The van der Waals surface area contributed by atoms with Crippen molar-refractivity contribution in [2.24, 2.45) is 0 Å². The summed E-state index contributed by atoms with van der Waals surface area (Å²) < 4.78 is 0. The predicted octanol–water partition coefficient (Wildman–Crippen LogP) is 2.70. The molecule has 6 nitrogen and oxygen atoms in total. The van der Waals surface area contributed by atoms with Crippen LogP contribution >= 0.6 is 0 Å². The molecule has 0 heterocycles. The van der Waals surface area contributed by atoms with E-state index in [0.717, 1.165) is 12.8 Å². The van der Waals surface area contributed by atoms with Gasteiger partial charge in [0.2, 0.25) is 5.91 Å². The van der Waals surface area contributed by atoms with E-state index in [1.54, 1.807) is 18.2 Å². The van der Waals surface area contributed by atoms with Crippen LogP contribution in [0.1, 0.15) is 33.1 Å². The molecule has 0 unspecified atom stereocenters. The van der Waals surface area contributed by atoms with Crippen LogP contribution in [0.4, 0.5) is 11.4 Å². The molecule has 0 aromatic heterocycles. The molecule has 0 radical (unpaired) electrons. The lowest BCUT2D eigenvalue weighted by Crippen LogP contribution is -2.34. The van der Waals surface area contributed by atoms with Crippen LogP contribution < -0.4 is 10.6 Å². The number of hydrogen-bond acceptors (Lipinski definition) is 4. The number of nitro groups is 1. The van der Waals surface area contributed by atoms with Crippen molar-refractivity contribution < 1.29 is 9.72 Å². The molecule has 0 aliphatic carbocycles. The van der Waals surface area contributed by atoms with E-state index in [4.69, 9.17) is 0 Å². The summed E-state index contributed by atoms with van der Waals surface area (Å²) in [5, 5.41) is 16.7. The Morgan fingerprint density at radius 2 is 1.95 bits per heavy atom. The second-order valence-electron chi connectivity index (χ2n) is 4.53. The summed E-state index contributed by atoms with van der Waals surface area (Å²) in [6.07, 6.45) is 2.10. The lowest BCUT2D eigenvalue weighted by atomic mass is 10.1. The van der Waals surface area contributed by atoms with Crippen molar-refractivity contribution in [3.05, 3.63) is 34.4 Å². The quantitative estimate of drug-likeness (QED) is 0.566. The molecule has 1 aromatic rings. The Labute approximate surface area is 118 Å². The van der Waals surface area contributed by atoms with Crippen LogP contribution in [0.5, 0.6) is 0 Å². The standard InChI is InChI=1S/C14H21N3O3/c1-3-11(4-2)16-14(18)9-10-15-12-7-5-6-8-13(12)17(19)20/h5-8,11,15H,3-4,9-10H2,1-2H3,(H,16,18).